The molecular formula is C22H19ClFN5O4S. The van der Waals surface area contributed by atoms with Crippen LogP contribution in [0.25, 0.3) is 0 Å². The van der Waals surface area contributed by atoms with E-state index in [9.17, 15) is 18.8 Å². The van der Waals surface area contributed by atoms with Crippen molar-refractivity contribution >= 4 is 57.2 Å². The van der Waals surface area contributed by atoms with Crippen molar-refractivity contribution in [1.82, 2.24) is 10.2 Å². The average molecular weight is 504 g/mol. The molecule has 0 radical (unpaired) electrons. The molecule has 1 fully saturated rings. The van der Waals surface area contributed by atoms with E-state index in [0.29, 0.717) is 22.9 Å². The Balaban J connectivity index is 1.47. The van der Waals surface area contributed by atoms with E-state index in [-0.39, 0.29) is 51.4 Å². The predicted octanol–water partition coefficient (Wildman–Crippen LogP) is 4.07. The van der Waals surface area contributed by atoms with E-state index in [4.69, 9.17) is 16.3 Å². The molecule has 12 heteroatoms. The lowest BCUT2D eigenvalue weighted by Crippen LogP contribution is -2.24. The van der Waals surface area contributed by atoms with Gasteiger partial charge in [0.05, 0.1) is 23.4 Å². The van der Waals surface area contributed by atoms with Crippen molar-refractivity contribution < 1.29 is 23.5 Å². The maximum absolute atomic E-state index is 13.2. The molecule has 2 N–H and O–H groups in total. The molecule has 1 aliphatic heterocycles. The molecule has 1 aromatic heterocycles. The quantitative estimate of drug-likeness (QED) is 0.524. The normalized spacial score (nSPS) is 15.4. The van der Waals surface area contributed by atoms with Gasteiger partial charge in [0.2, 0.25) is 16.9 Å². The molecule has 3 amide bonds. The van der Waals surface area contributed by atoms with Gasteiger partial charge in [0.1, 0.15) is 16.6 Å². The topological polar surface area (TPSA) is 114 Å². The van der Waals surface area contributed by atoms with Crippen LogP contribution in [0.3, 0.4) is 0 Å². The fourth-order valence-electron chi connectivity index (χ4n) is 3.54. The third-order valence-corrected chi connectivity index (χ3v) is 6.43. The second-order valence-corrected chi connectivity index (χ2v) is 8.91. The number of ether oxygens (including phenoxy) is 1. The van der Waals surface area contributed by atoms with E-state index in [0.717, 1.165) is 11.3 Å². The lowest BCUT2D eigenvalue weighted by molar-refractivity contribution is -0.117. The summed E-state index contributed by atoms with van der Waals surface area (Å²) in [5, 5.41) is 14.4. The number of hydrogen-bond donors (Lipinski definition) is 2. The summed E-state index contributed by atoms with van der Waals surface area (Å²) in [5.41, 5.74) is 1.08. The van der Waals surface area contributed by atoms with Crippen LogP contribution in [0.15, 0.2) is 36.4 Å². The molecule has 2 aromatic carbocycles. The number of aromatic nitrogens is 2. The van der Waals surface area contributed by atoms with Gasteiger partial charge in [-0.05, 0) is 30.3 Å². The summed E-state index contributed by atoms with van der Waals surface area (Å²) in [4.78, 5) is 38.2. The van der Waals surface area contributed by atoms with Crippen LogP contribution >= 0.6 is 22.9 Å². The molecule has 4 rings (SSSR count). The maximum atomic E-state index is 13.2. The molecule has 0 spiro atoms. The van der Waals surface area contributed by atoms with Gasteiger partial charge >= 0.3 is 0 Å². The third-order valence-electron chi connectivity index (χ3n) is 5.12. The Kier molecular flexibility index (Phi) is 6.75. The van der Waals surface area contributed by atoms with Crippen molar-refractivity contribution in [3.8, 4) is 5.75 Å². The number of hydrogen-bond acceptors (Lipinski definition) is 7. The van der Waals surface area contributed by atoms with Crippen molar-refractivity contribution in [3.63, 3.8) is 0 Å². The second kappa shape index (κ2) is 9.74. The molecule has 1 atom stereocenters. The van der Waals surface area contributed by atoms with E-state index in [2.05, 4.69) is 20.8 Å². The van der Waals surface area contributed by atoms with Crippen molar-refractivity contribution in [2.24, 2.45) is 0 Å². The van der Waals surface area contributed by atoms with Crippen LogP contribution in [0.1, 0.15) is 34.6 Å². The SMILES string of the molecule is COc1cc(NC(C)=O)c(Cl)cc1C(=O)Nc1nnc(C2CC(=O)N(c3ccc(F)cc3)C2)s1. The van der Waals surface area contributed by atoms with Crippen molar-refractivity contribution in [3.05, 3.63) is 57.8 Å². The summed E-state index contributed by atoms with van der Waals surface area (Å²) in [6.45, 7) is 1.72. The van der Waals surface area contributed by atoms with Crippen molar-refractivity contribution in [2.45, 2.75) is 19.3 Å². The van der Waals surface area contributed by atoms with Crippen LogP contribution in [-0.2, 0) is 9.59 Å². The van der Waals surface area contributed by atoms with Crippen molar-refractivity contribution in [1.29, 1.82) is 0 Å². The molecule has 3 aromatic rings. The molecule has 34 heavy (non-hydrogen) atoms. The predicted molar refractivity (Wildman–Crippen MR) is 126 cm³/mol. The van der Waals surface area contributed by atoms with Gasteiger partial charge in [0.25, 0.3) is 5.91 Å². The number of amides is 3. The first-order valence-corrected chi connectivity index (χ1v) is 11.3. The summed E-state index contributed by atoms with van der Waals surface area (Å²) in [5.74, 6) is -1.30. The zero-order valence-electron chi connectivity index (χ0n) is 18.1. The van der Waals surface area contributed by atoms with E-state index >= 15 is 0 Å². The van der Waals surface area contributed by atoms with Crippen LogP contribution in [0, 0.1) is 5.82 Å². The molecule has 176 valence electrons. The highest BCUT2D eigenvalue weighted by Crippen LogP contribution is 2.35. The first-order chi connectivity index (χ1) is 16.2. The van der Waals surface area contributed by atoms with E-state index in [1.165, 1.54) is 38.3 Å². The van der Waals surface area contributed by atoms with Crippen LogP contribution in [0.4, 0.5) is 20.9 Å². The van der Waals surface area contributed by atoms with Gasteiger partial charge in [-0.2, -0.15) is 0 Å². The summed E-state index contributed by atoms with van der Waals surface area (Å²) in [6.07, 6.45) is 0.230. The van der Waals surface area contributed by atoms with Gasteiger partial charge in [-0.1, -0.05) is 22.9 Å². The Morgan fingerprint density at radius 3 is 2.62 bits per heavy atom. The highest BCUT2D eigenvalue weighted by Gasteiger charge is 2.34. The number of anilines is 3. The standard InChI is InChI=1S/C22H19ClFN5O4S/c1-11(30)25-17-9-18(33-2)15(8-16(17)23)20(32)26-22-28-27-21(34-22)12-7-19(31)29(10-12)14-5-3-13(24)4-6-14/h3-6,8-9,12H,7,10H2,1-2H3,(H,25,30)(H,26,28,32). The molecule has 2 heterocycles. The van der Waals surface area contributed by atoms with Gasteiger partial charge in [-0.15, -0.1) is 10.2 Å². The Bertz CT molecular complexity index is 1270. The second-order valence-electron chi connectivity index (χ2n) is 7.49. The van der Waals surface area contributed by atoms with Gasteiger partial charge in [0.15, 0.2) is 0 Å². The number of methoxy groups -OCH3 is 1. The summed E-state index contributed by atoms with van der Waals surface area (Å²) in [6, 6.07) is 8.56. The monoisotopic (exact) mass is 503 g/mol. The Morgan fingerprint density at radius 1 is 1.21 bits per heavy atom. The smallest absolute Gasteiger partial charge is 0.261 e. The van der Waals surface area contributed by atoms with Crippen LogP contribution in [-0.4, -0.2) is 41.6 Å². The molecule has 1 aliphatic rings. The lowest BCUT2D eigenvalue weighted by Gasteiger charge is -2.16. The van der Waals surface area contributed by atoms with E-state index < -0.39 is 5.91 Å². The van der Waals surface area contributed by atoms with Gasteiger partial charge < -0.3 is 15.0 Å². The van der Waals surface area contributed by atoms with Crippen LogP contribution in [0.5, 0.6) is 5.75 Å². The van der Waals surface area contributed by atoms with E-state index in [1.54, 1.807) is 17.0 Å². The third kappa shape index (κ3) is 5.00. The van der Waals surface area contributed by atoms with Gasteiger partial charge in [0, 0.05) is 37.6 Å². The first kappa shape index (κ1) is 23.6. The first-order valence-electron chi connectivity index (χ1n) is 10.1. The molecular weight excluding hydrogens is 485 g/mol. The Labute approximate surface area is 202 Å². The number of rotatable bonds is 6. The lowest BCUT2D eigenvalue weighted by atomic mass is 10.1. The highest BCUT2D eigenvalue weighted by atomic mass is 35.5. The number of nitrogens with zero attached hydrogens (tertiary/aromatic N) is 3. The summed E-state index contributed by atoms with van der Waals surface area (Å²) < 4.78 is 18.5. The fourth-order valence-corrected chi connectivity index (χ4v) is 4.58. The summed E-state index contributed by atoms with van der Waals surface area (Å²) >= 11 is 7.35. The maximum Gasteiger partial charge on any atom is 0.261 e. The summed E-state index contributed by atoms with van der Waals surface area (Å²) in [7, 11) is 1.39. The number of carbonyl (C=O) groups is 3. The molecule has 0 saturated carbocycles. The molecule has 0 bridgehead atoms. The number of nitrogens with one attached hydrogen (secondary N) is 2. The molecule has 1 unspecified atom stereocenters. The van der Waals surface area contributed by atoms with Gasteiger partial charge in [-0.25, -0.2) is 4.39 Å². The molecule has 0 aliphatic carbocycles. The minimum absolute atomic E-state index is 0.101. The van der Waals surface area contributed by atoms with E-state index in [1.807, 2.05) is 0 Å². The van der Waals surface area contributed by atoms with Crippen LogP contribution in [0.2, 0.25) is 5.02 Å². The molecule has 1 saturated heterocycles. The fraction of sp³-hybridized carbons (Fsp3) is 0.227. The number of halogens is 2. The highest BCUT2D eigenvalue weighted by molar-refractivity contribution is 7.15. The minimum atomic E-state index is -0.522. The number of benzene rings is 2. The Morgan fingerprint density at radius 2 is 1.94 bits per heavy atom. The zero-order chi connectivity index (χ0) is 24.4. The molecule has 9 nitrogen and oxygen atoms in total. The van der Waals surface area contributed by atoms with Crippen molar-refractivity contribution in [2.75, 3.05) is 29.2 Å². The zero-order valence-corrected chi connectivity index (χ0v) is 19.7. The van der Waals surface area contributed by atoms with Crippen LogP contribution < -0.4 is 20.3 Å². The number of carbonyl (C=O) groups excluding carboxylic acids is 3. The van der Waals surface area contributed by atoms with Gasteiger partial charge in [-0.3, -0.25) is 19.7 Å². The largest absolute Gasteiger partial charge is 0.496 e. The Hall–Kier alpha value is -3.57. The minimum Gasteiger partial charge on any atom is -0.496 e. The average Bonchev–Trinajstić information content (AvgIpc) is 3.41.